The van der Waals surface area contributed by atoms with E-state index in [9.17, 15) is 13.2 Å². The van der Waals surface area contributed by atoms with E-state index in [0.717, 1.165) is 28.6 Å². The lowest BCUT2D eigenvalue weighted by atomic mass is 9.86. The quantitative estimate of drug-likeness (QED) is 0.337. The second kappa shape index (κ2) is 10.5. The molecule has 0 aliphatic rings. The van der Waals surface area contributed by atoms with Crippen molar-refractivity contribution >= 4 is 27.3 Å². The van der Waals surface area contributed by atoms with Gasteiger partial charge in [-0.2, -0.15) is 0 Å². The number of hydrogen-bond donors (Lipinski definition) is 2. The van der Waals surface area contributed by atoms with Crippen molar-refractivity contribution in [3.63, 3.8) is 0 Å². The molecule has 1 amide bonds. The number of pyridine rings is 1. The molecule has 10 nitrogen and oxygen atoms in total. The maximum absolute atomic E-state index is 13.4. The Labute approximate surface area is 228 Å². The second-order valence-corrected chi connectivity index (χ2v) is 12.2. The summed E-state index contributed by atoms with van der Waals surface area (Å²) in [5.74, 6) is -0.185. The number of ether oxygens (including phenoxy) is 1. The average molecular weight is 549 g/mol. The summed E-state index contributed by atoms with van der Waals surface area (Å²) in [6, 6.07) is 12.6. The van der Waals surface area contributed by atoms with Crippen LogP contribution in [0.25, 0.3) is 16.9 Å². The molecular weight excluding hydrogens is 516 g/mol. The lowest BCUT2D eigenvalue weighted by Gasteiger charge is -2.24. The largest absolute Gasteiger partial charge is 0.492 e. The minimum absolute atomic E-state index is 0.210. The first-order chi connectivity index (χ1) is 18.2. The van der Waals surface area contributed by atoms with Gasteiger partial charge < -0.3 is 10.1 Å². The van der Waals surface area contributed by atoms with Gasteiger partial charge >= 0.3 is 0 Å². The number of nitrogens with zero attached hydrogens (tertiary/aromatic N) is 4. The summed E-state index contributed by atoms with van der Waals surface area (Å²) >= 11 is 0. The molecule has 0 radical (unpaired) electrons. The SMILES string of the molecule is COc1c(NC(=O)c2ccc(C)c(-n3cc(-c4ccc(C)nc4)nn3)c2)cc(C(C)(C)C)cc1NS(C)(=O)=O. The Morgan fingerprint density at radius 2 is 1.74 bits per heavy atom. The highest BCUT2D eigenvalue weighted by molar-refractivity contribution is 7.92. The topological polar surface area (TPSA) is 128 Å². The summed E-state index contributed by atoms with van der Waals surface area (Å²) in [4.78, 5) is 17.7. The van der Waals surface area contributed by atoms with Crippen molar-refractivity contribution in [2.45, 2.75) is 40.0 Å². The van der Waals surface area contributed by atoms with Crippen LogP contribution in [0.2, 0.25) is 0 Å². The minimum atomic E-state index is -3.59. The zero-order chi connectivity index (χ0) is 28.5. The van der Waals surface area contributed by atoms with Crippen molar-refractivity contribution in [2.75, 3.05) is 23.4 Å². The Morgan fingerprint density at radius 3 is 2.36 bits per heavy atom. The molecule has 39 heavy (non-hydrogen) atoms. The van der Waals surface area contributed by atoms with E-state index in [1.54, 1.807) is 41.3 Å². The zero-order valence-electron chi connectivity index (χ0n) is 23.0. The van der Waals surface area contributed by atoms with Crippen LogP contribution in [0.4, 0.5) is 11.4 Å². The van der Waals surface area contributed by atoms with Gasteiger partial charge in [0.15, 0.2) is 5.75 Å². The fourth-order valence-corrected chi connectivity index (χ4v) is 4.53. The number of hydrogen-bond acceptors (Lipinski definition) is 7. The van der Waals surface area contributed by atoms with E-state index in [1.165, 1.54) is 7.11 Å². The number of carbonyl (C=O) groups excluding carboxylic acids is 1. The number of anilines is 2. The first kappa shape index (κ1) is 27.8. The van der Waals surface area contributed by atoms with Gasteiger partial charge in [-0.25, -0.2) is 13.1 Å². The molecule has 0 aliphatic heterocycles. The van der Waals surface area contributed by atoms with Crippen LogP contribution in [0.1, 0.15) is 48.0 Å². The summed E-state index contributed by atoms with van der Waals surface area (Å²) < 4.78 is 33.7. The molecule has 0 aliphatic carbocycles. The molecule has 0 unspecified atom stereocenters. The van der Waals surface area contributed by atoms with Crippen molar-refractivity contribution in [1.29, 1.82) is 0 Å². The Kier molecular flexibility index (Phi) is 7.47. The van der Waals surface area contributed by atoms with Gasteiger partial charge in [0, 0.05) is 23.0 Å². The molecule has 2 aromatic heterocycles. The lowest BCUT2D eigenvalue weighted by molar-refractivity contribution is 0.102. The monoisotopic (exact) mass is 548 g/mol. The maximum Gasteiger partial charge on any atom is 0.255 e. The van der Waals surface area contributed by atoms with Crippen LogP contribution in [-0.2, 0) is 15.4 Å². The van der Waals surface area contributed by atoms with Crippen LogP contribution in [0, 0.1) is 13.8 Å². The number of aryl methyl sites for hydroxylation is 2. The van der Waals surface area contributed by atoms with Gasteiger partial charge in [0.25, 0.3) is 5.91 Å². The molecule has 2 N–H and O–H groups in total. The maximum atomic E-state index is 13.4. The van der Waals surface area contributed by atoms with Gasteiger partial charge in [-0.15, -0.1) is 5.10 Å². The molecule has 2 heterocycles. The first-order valence-electron chi connectivity index (χ1n) is 12.2. The zero-order valence-corrected chi connectivity index (χ0v) is 23.8. The van der Waals surface area contributed by atoms with Crippen molar-refractivity contribution in [1.82, 2.24) is 20.0 Å². The Bertz CT molecular complexity index is 1640. The molecule has 204 valence electrons. The molecule has 0 atom stereocenters. The van der Waals surface area contributed by atoms with E-state index < -0.39 is 15.9 Å². The molecule has 0 fully saturated rings. The van der Waals surface area contributed by atoms with Crippen LogP contribution < -0.4 is 14.8 Å². The Hall–Kier alpha value is -4.25. The molecule has 0 spiro atoms. The molecule has 0 saturated heterocycles. The number of aromatic nitrogens is 4. The van der Waals surface area contributed by atoms with E-state index in [-0.39, 0.29) is 16.9 Å². The van der Waals surface area contributed by atoms with Crippen molar-refractivity contribution in [3.05, 3.63) is 77.2 Å². The second-order valence-electron chi connectivity index (χ2n) is 10.4. The fourth-order valence-electron chi connectivity index (χ4n) is 3.98. The molecule has 0 saturated carbocycles. The van der Waals surface area contributed by atoms with Crippen molar-refractivity contribution in [2.24, 2.45) is 0 Å². The number of nitrogens with one attached hydrogen (secondary N) is 2. The smallest absolute Gasteiger partial charge is 0.255 e. The van der Waals surface area contributed by atoms with Crippen LogP contribution >= 0.6 is 0 Å². The number of amides is 1. The molecule has 4 rings (SSSR count). The third kappa shape index (κ3) is 6.43. The average Bonchev–Trinajstić information content (AvgIpc) is 3.33. The van der Waals surface area contributed by atoms with Gasteiger partial charge in [-0.1, -0.05) is 32.1 Å². The standard InChI is InChI=1S/C28H32N6O4S/c1-17-8-10-19(12-25(17)34-16-24(31-33-34)20-11-9-18(2)29-15-20)27(35)30-22-13-21(28(3,4)5)14-23(26(22)38-6)32-39(7,36)37/h8-16,32H,1-7H3,(H,30,35). The summed E-state index contributed by atoms with van der Waals surface area (Å²) in [6.45, 7) is 9.82. The number of carbonyl (C=O) groups is 1. The van der Waals surface area contributed by atoms with Gasteiger partial charge in [-0.3, -0.25) is 14.5 Å². The fraction of sp³-hybridized carbons (Fsp3) is 0.286. The minimum Gasteiger partial charge on any atom is -0.492 e. The van der Waals surface area contributed by atoms with E-state index >= 15 is 0 Å². The highest BCUT2D eigenvalue weighted by Gasteiger charge is 2.23. The molecule has 0 bridgehead atoms. The van der Waals surface area contributed by atoms with Crippen LogP contribution in [0.3, 0.4) is 0 Å². The molecule has 4 aromatic rings. The number of sulfonamides is 1. The number of rotatable bonds is 7. The summed E-state index contributed by atoms with van der Waals surface area (Å²) in [5.41, 5.74) is 5.45. The van der Waals surface area contributed by atoms with E-state index in [2.05, 4.69) is 25.3 Å². The van der Waals surface area contributed by atoms with Crippen molar-refractivity contribution in [3.8, 4) is 22.7 Å². The Morgan fingerprint density at radius 1 is 1.03 bits per heavy atom. The van der Waals surface area contributed by atoms with Gasteiger partial charge in [0.1, 0.15) is 5.69 Å². The third-order valence-corrected chi connectivity index (χ3v) is 6.71. The third-order valence-electron chi connectivity index (χ3n) is 6.12. The van der Waals surface area contributed by atoms with Gasteiger partial charge in [-0.05, 0) is 66.8 Å². The van der Waals surface area contributed by atoms with Crippen molar-refractivity contribution < 1.29 is 17.9 Å². The predicted molar refractivity (Wildman–Crippen MR) is 152 cm³/mol. The van der Waals surface area contributed by atoms with E-state index in [4.69, 9.17) is 4.74 Å². The van der Waals surface area contributed by atoms with Gasteiger partial charge in [0.05, 0.1) is 36.6 Å². The van der Waals surface area contributed by atoms with E-state index in [0.29, 0.717) is 22.6 Å². The van der Waals surface area contributed by atoms with E-state index in [1.807, 2.05) is 52.8 Å². The van der Waals surface area contributed by atoms with Crippen LogP contribution in [0.15, 0.2) is 54.9 Å². The summed E-state index contributed by atoms with van der Waals surface area (Å²) in [5, 5.41) is 11.4. The lowest BCUT2D eigenvalue weighted by Crippen LogP contribution is -2.18. The first-order valence-corrected chi connectivity index (χ1v) is 14.1. The normalized spacial score (nSPS) is 11.8. The van der Waals surface area contributed by atoms with Gasteiger partial charge in [0.2, 0.25) is 10.0 Å². The van der Waals surface area contributed by atoms with Crippen LogP contribution in [-0.4, -0.2) is 47.7 Å². The number of methoxy groups -OCH3 is 1. The highest BCUT2D eigenvalue weighted by Crippen LogP contribution is 2.39. The molecule has 11 heteroatoms. The molecule has 2 aromatic carbocycles. The highest BCUT2D eigenvalue weighted by atomic mass is 32.2. The van der Waals surface area contributed by atoms with Crippen LogP contribution in [0.5, 0.6) is 5.75 Å². The summed E-state index contributed by atoms with van der Waals surface area (Å²) in [7, 11) is -2.17. The number of benzene rings is 2. The Balaban J connectivity index is 1.69. The molecular formula is C28H32N6O4S. The predicted octanol–water partition coefficient (Wildman–Crippen LogP) is 4.88. The summed E-state index contributed by atoms with van der Waals surface area (Å²) in [6.07, 6.45) is 4.59.